The highest BCUT2D eigenvalue weighted by atomic mass is 16.5. The summed E-state index contributed by atoms with van der Waals surface area (Å²) in [4.78, 5) is 2.40. The van der Waals surface area contributed by atoms with Gasteiger partial charge >= 0.3 is 0 Å². The first-order chi connectivity index (χ1) is 8.29. The van der Waals surface area contributed by atoms with Gasteiger partial charge in [0.1, 0.15) is 0 Å². The van der Waals surface area contributed by atoms with Crippen LogP contribution in [0.15, 0.2) is 0 Å². The van der Waals surface area contributed by atoms with Crippen LogP contribution in [0, 0.1) is 0 Å². The van der Waals surface area contributed by atoms with Gasteiger partial charge in [-0.3, -0.25) is 4.90 Å². The van der Waals surface area contributed by atoms with Crippen molar-refractivity contribution in [3.8, 4) is 0 Å². The van der Waals surface area contributed by atoms with Gasteiger partial charge in [-0.1, -0.05) is 0 Å². The standard InChI is InChI=1S/C12H24N2O3/c1-10(6-11-9-16-4-2-13-11)14-3-5-17-12(7-14)8-15/h10-13,15H,2-9H2,1H3. The lowest BCUT2D eigenvalue weighted by molar-refractivity contribution is -0.0658. The second-order valence-corrected chi connectivity index (χ2v) is 4.98. The zero-order valence-corrected chi connectivity index (χ0v) is 10.6. The summed E-state index contributed by atoms with van der Waals surface area (Å²) in [6, 6.07) is 0.973. The Bertz CT molecular complexity index is 222. The molecule has 0 bridgehead atoms. The molecular weight excluding hydrogens is 220 g/mol. The largest absolute Gasteiger partial charge is 0.394 e. The van der Waals surface area contributed by atoms with Crippen molar-refractivity contribution in [3.63, 3.8) is 0 Å². The number of morpholine rings is 2. The van der Waals surface area contributed by atoms with Crippen molar-refractivity contribution in [1.29, 1.82) is 0 Å². The first-order valence-corrected chi connectivity index (χ1v) is 6.57. The summed E-state index contributed by atoms with van der Waals surface area (Å²) in [7, 11) is 0. The average Bonchev–Trinajstić information content (AvgIpc) is 2.40. The van der Waals surface area contributed by atoms with Crippen LogP contribution in [0.25, 0.3) is 0 Å². The second-order valence-electron chi connectivity index (χ2n) is 4.98. The predicted molar refractivity (Wildman–Crippen MR) is 65.1 cm³/mol. The molecule has 5 nitrogen and oxygen atoms in total. The van der Waals surface area contributed by atoms with Crippen molar-refractivity contribution in [2.75, 3.05) is 46.1 Å². The number of nitrogens with one attached hydrogen (secondary N) is 1. The molecule has 3 unspecified atom stereocenters. The van der Waals surface area contributed by atoms with Gasteiger partial charge < -0.3 is 19.9 Å². The number of ether oxygens (including phenoxy) is 2. The van der Waals surface area contributed by atoms with E-state index in [1.807, 2.05) is 0 Å². The van der Waals surface area contributed by atoms with Crippen molar-refractivity contribution >= 4 is 0 Å². The van der Waals surface area contributed by atoms with Crippen LogP contribution in [0.4, 0.5) is 0 Å². The van der Waals surface area contributed by atoms with E-state index < -0.39 is 0 Å². The Balaban J connectivity index is 1.75. The fourth-order valence-corrected chi connectivity index (χ4v) is 2.58. The molecule has 2 saturated heterocycles. The number of nitrogens with zero attached hydrogens (tertiary/aromatic N) is 1. The summed E-state index contributed by atoms with van der Waals surface area (Å²) < 4.78 is 10.9. The third kappa shape index (κ3) is 3.89. The van der Waals surface area contributed by atoms with Gasteiger partial charge in [-0.15, -0.1) is 0 Å². The van der Waals surface area contributed by atoms with Gasteiger partial charge in [0.05, 0.1) is 32.5 Å². The lowest BCUT2D eigenvalue weighted by Crippen LogP contribution is -2.51. The predicted octanol–water partition coefficient (Wildman–Crippen LogP) is -0.553. The van der Waals surface area contributed by atoms with E-state index in [1.54, 1.807) is 0 Å². The summed E-state index contributed by atoms with van der Waals surface area (Å²) in [5, 5.41) is 12.6. The third-order valence-electron chi connectivity index (χ3n) is 3.62. The van der Waals surface area contributed by atoms with Gasteiger partial charge in [0.15, 0.2) is 0 Å². The van der Waals surface area contributed by atoms with Gasteiger partial charge in [0.2, 0.25) is 0 Å². The SMILES string of the molecule is CC(CC1COCCN1)N1CCOC(CO)C1. The topological polar surface area (TPSA) is 54.0 Å². The first-order valence-electron chi connectivity index (χ1n) is 6.57. The maximum atomic E-state index is 9.13. The Morgan fingerprint density at radius 2 is 2.35 bits per heavy atom. The molecule has 2 fully saturated rings. The fraction of sp³-hybridized carbons (Fsp3) is 1.00. The average molecular weight is 244 g/mol. The molecule has 2 N–H and O–H groups in total. The molecular formula is C12H24N2O3. The lowest BCUT2D eigenvalue weighted by atomic mass is 10.1. The van der Waals surface area contributed by atoms with Crippen LogP contribution in [0.2, 0.25) is 0 Å². The van der Waals surface area contributed by atoms with Crippen LogP contribution in [0.3, 0.4) is 0 Å². The quantitative estimate of drug-likeness (QED) is 0.695. The molecule has 0 aromatic heterocycles. The molecule has 0 spiro atoms. The monoisotopic (exact) mass is 244 g/mol. The van der Waals surface area contributed by atoms with E-state index >= 15 is 0 Å². The summed E-state index contributed by atoms with van der Waals surface area (Å²) in [6.45, 7) is 7.50. The van der Waals surface area contributed by atoms with Crippen LogP contribution in [-0.2, 0) is 9.47 Å². The van der Waals surface area contributed by atoms with Crippen molar-refractivity contribution < 1.29 is 14.6 Å². The molecule has 3 atom stereocenters. The van der Waals surface area contributed by atoms with E-state index in [9.17, 15) is 0 Å². The molecule has 0 aromatic carbocycles. The van der Waals surface area contributed by atoms with E-state index in [2.05, 4.69) is 17.1 Å². The summed E-state index contributed by atoms with van der Waals surface area (Å²) in [5.74, 6) is 0. The van der Waals surface area contributed by atoms with Gasteiger partial charge in [-0.2, -0.15) is 0 Å². The molecule has 0 aromatic rings. The van der Waals surface area contributed by atoms with E-state index in [4.69, 9.17) is 14.6 Å². The van der Waals surface area contributed by atoms with Crippen LogP contribution >= 0.6 is 0 Å². The summed E-state index contributed by atoms with van der Waals surface area (Å²) in [6.07, 6.45) is 1.08. The Labute approximate surface area is 103 Å². The number of rotatable bonds is 4. The van der Waals surface area contributed by atoms with Crippen LogP contribution in [0.1, 0.15) is 13.3 Å². The van der Waals surface area contributed by atoms with Gasteiger partial charge in [0, 0.05) is 31.7 Å². The highest BCUT2D eigenvalue weighted by Gasteiger charge is 2.26. The molecule has 0 saturated carbocycles. The second kappa shape index (κ2) is 6.66. The molecule has 5 heteroatoms. The van der Waals surface area contributed by atoms with Gasteiger partial charge in [-0.25, -0.2) is 0 Å². The maximum Gasteiger partial charge on any atom is 0.0932 e. The summed E-state index contributed by atoms with van der Waals surface area (Å²) in [5.41, 5.74) is 0. The smallest absolute Gasteiger partial charge is 0.0932 e. The Morgan fingerprint density at radius 3 is 3.06 bits per heavy atom. The molecule has 2 aliphatic rings. The number of hydrogen-bond acceptors (Lipinski definition) is 5. The zero-order chi connectivity index (χ0) is 12.1. The number of aliphatic hydroxyl groups is 1. The van der Waals surface area contributed by atoms with Crippen molar-refractivity contribution in [1.82, 2.24) is 10.2 Å². The number of aliphatic hydroxyl groups excluding tert-OH is 1. The van der Waals surface area contributed by atoms with Crippen LogP contribution in [0.5, 0.6) is 0 Å². The molecule has 0 aliphatic carbocycles. The maximum absolute atomic E-state index is 9.13. The van der Waals surface area contributed by atoms with E-state index in [-0.39, 0.29) is 12.7 Å². The first kappa shape index (κ1) is 13.2. The van der Waals surface area contributed by atoms with E-state index in [0.717, 1.165) is 45.9 Å². The Morgan fingerprint density at radius 1 is 1.47 bits per heavy atom. The fourth-order valence-electron chi connectivity index (χ4n) is 2.58. The molecule has 100 valence electrons. The molecule has 0 radical (unpaired) electrons. The van der Waals surface area contributed by atoms with Crippen molar-refractivity contribution in [2.45, 2.75) is 31.5 Å². The minimum absolute atomic E-state index is 0.0123. The van der Waals surface area contributed by atoms with E-state index in [0.29, 0.717) is 12.1 Å². The highest BCUT2D eigenvalue weighted by Crippen LogP contribution is 2.13. The normalized spacial score (nSPS) is 33.5. The van der Waals surface area contributed by atoms with Crippen LogP contribution < -0.4 is 5.32 Å². The number of hydrogen-bond donors (Lipinski definition) is 2. The molecule has 17 heavy (non-hydrogen) atoms. The van der Waals surface area contributed by atoms with E-state index in [1.165, 1.54) is 0 Å². The minimum Gasteiger partial charge on any atom is -0.394 e. The van der Waals surface area contributed by atoms with Crippen molar-refractivity contribution in [3.05, 3.63) is 0 Å². The molecule has 2 rings (SSSR count). The molecule has 2 aliphatic heterocycles. The van der Waals surface area contributed by atoms with Gasteiger partial charge in [0.25, 0.3) is 0 Å². The summed E-state index contributed by atoms with van der Waals surface area (Å²) >= 11 is 0. The molecule has 0 amide bonds. The van der Waals surface area contributed by atoms with Gasteiger partial charge in [-0.05, 0) is 13.3 Å². The minimum atomic E-state index is -0.0123. The Hall–Kier alpha value is -0.200. The highest BCUT2D eigenvalue weighted by molar-refractivity contribution is 4.81. The van der Waals surface area contributed by atoms with Crippen molar-refractivity contribution in [2.24, 2.45) is 0 Å². The lowest BCUT2D eigenvalue weighted by Gasteiger charge is -2.38. The van der Waals surface area contributed by atoms with Crippen LogP contribution in [-0.4, -0.2) is 74.3 Å². The third-order valence-corrected chi connectivity index (χ3v) is 3.62. The zero-order valence-electron chi connectivity index (χ0n) is 10.6. The Kier molecular flexibility index (Phi) is 5.18. The molecule has 2 heterocycles.